The summed E-state index contributed by atoms with van der Waals surface area (Å²) in [5.74, 6) is 0.867. The van der Waals surface area contributed by atoms with Gasteiger partial charge < -0.3 is 25.0 Å². The minimum absolute atomic E-state index is 0.867. The molecule has 5 nitrogen and oxygen atoms in total. The van der Waals surface area contributed by atoms with Gasteiger partial charge in [-0.25, -0.2) is 0 Å². The van der Waals surface area contributed by atoms with E-state index in [1.54, 1.807) is 12.5 Å². The molecule has 0 bridgehead atoms. The Morgan fingerprint density at radius 2 is 1.58 bits per heavy atom. The largest absolute Gasteiger partial charge is 0.497 e. The molecular formula is C27H44N2O3S. The molecule has 6 heteroatoms. The van der Waals surface area contributed by atoms with Gasteiger partial charge in [-0.05, 0) is 50.9 Å². The lowest BCUT2D eigenvalue weighted by Crippen LogP contribution is -2.15. The minimum Gasteiger partial charge on any atom is -0.497 e. The molecule has 0 heterocycles. The number of ether oxygens (including phenoxy) is 1. The Morgan fingerprint density at radius 1 is 0.970 bits per heavy atom. The predicted octanol–water partition coefficient (Wildman–Crippen LogP) is 6.06. The van der Waals surface area contributed by atoms with Crippen molar-refractivity contribution in [2.45, 2.75) is 53.4 Å². The van der Waals surface area contributed by atoms with E-state index in [9.17, 15) is 0 Å². The molecule has 2 aromatic carbocycles. The quantitative estimate of drug-likeness (QED) is 0.339. The van der Waals surface area contributed by atoms with Crippen LogP contribution in [0.3, 0.4) is 0 Å². The predicted molar refractivity (Wildman–Crippen MR) is 148 cm³/mol. The smallest absolute Gasteiger partial charge is 0.121 e. The average Bonchev–Trinajstić information content (AvgIpc) is 2.89. The van der Waals surface area contributed by atoms with Gasteiger partial charge in [-0.2, -0.15) is 0 Å². The van der Waals surface area contributed by atoms with Crippen molar-refractivity contribution in [1.29, 1.82) is 0 Å². The summed E-state index contributed by atoms with van der Waals surface area (Å²) in [7, 11) is 3.56. The molecule has 0 aliphatic rings. The summed E-state index contributed by atoms with van der Waals surface area (Å²) >= 11 is 5.00. The van der Waals surface area contributed by atoms with E-state index in [2.05, 4.69) is 50.5 Å². The van der Waals surface area contributed by atoms with Crippen molar-refractivity contribution < 1.29 is 14.3 Å². The number of nitrogens with one attached hydrogen (secondary N) is 2. The fourth-order valence-electron chi connectivity index (χ4n) is 2.58. The zero-order valence-electron chi connectivity index (χ0n) is 21.4. The van der Waals surface area contributed by atoms with Crippen LogP contribution in [-0.4, -0.2) is 46.2 Å². The molecule has 2 N–H and O–H groups in total. The van der Waals surface area contributed by atoms with Crippen LogP contribution in [0.5, 0.6) is 5.75 Å². The third kappa shape index (κ3) is 18.7. The van der Waals surface area contributed by atoms with Crippen molar-refractivity contribution in [3.63, 3.8) is 0 Å². The highest BCUT2D eigenvalue weighted by Gasteiger charge is 2.06. The van der Waals surface area contributed by atoms with Crippen molar-refractivity contribution in [1.82, 2.24) is 5.32 Å². The highest BCUT2D eigenvalue weighted by atomic mass is 32.1. The van der Waals surface area contributed by atoms with Gasteiger partial charge in [0.25, 0.3) is 0 Å². The molecule has 0 fully saturated rings. The van der Waals surface area contributed by atoms with Crippen LogP contribution in [0.1, 0.15) is 56.7 Å². The number of hydrogen-bond donors (Lipinski definition) is 2. The highest BCUT2D eigenvalue weighted by Crippen LogP contribution is 2.25. The maximum atomic E-state index is 8.00. The monoisotopic (exact) mass is 476 g/mol. The van der Waals surface area contributed by atoms with Crippen LogP contribution in [0.2, 0.25) is 0 Å². The molecule has 0 aliphatic carbocycles. The maximum absolute atomic E-state index is 8.00. The first-order chi connectivity index (χ1) is 16.1. The van der Waals surface area contributed by atoms with Gasteiger partial charge in [-0.1, -0.05) is 75.3 Å². The van der Waals surface area contributed by atoms with Crippen LogP contribution < -0.4 is 15.4 Å². The van der Waals surface area contributed by atoms with E-state index < -0.39 is 0 Å². The van der Waals surface area contributed by atoms with Crippen LogP contribution in [0.25, 0.3) is 0 Å². The molecule has 0 amide bonds. The SMILES string of the molecule is C=O.C=O.CCCCNCCC.CCc1cc(OC)cc(NC)c1C=S.Cc1ccccc1. The van der Waals surface area contributed by atoms with Gasteiger partial charge in [-0.3, -0.25) is 0 Å². The van der Waals surface area contributed by atoms with Gasteiger partial charge in [0.2, 0.25) is 0 Å². The Labute approximate surface area is 207 Å². The minimum atomic E-state index is 0.867. The van der Waals surface area contributed by atoms with Crippen LogP contribution in [0.4, 0.5) is 5.69 Å². The number of hydrogen-bond acceptors (Lipinski definition) is 6. The number of anilines is 1. The first-order valence-electron chi connectivity index (χ1n) is 11.2. The van der Waals surface area contributed by atoms with E-state index >= 15 is 0 Å². The zero-order chi connectivity index (χ0) is 25.9. The normalized spacial score (nSPS) is 8.55. The van der Waals surface area contributed by atoms with Crippen LogP contribution >= 0.6 is 12.2 Å². The Hall–Kier alpha value is -2.57. The number of rotatable bonds is 9. The summed E-state index contributed by atoms with van der Waals surface area (Å²) in [5.41, 5.74) is 4.65. The average molecular weight is 477 g/mol. The molecule has 0 radical (unpaired) electrons. The second-order valence-electron chi connectivity index (χ2n) is 6.73. The molecule has 0 saturated heterocycles. The maximum Gasteiger partial charge on any atom is 0.121 e. The number of carbonyl (C=O) groups is 2. The second-order valence-corrected chi connectivity index (χ2v) is 6.96. The van der Waals surface area contributed by atoms with Crippen LogP contribution in [0.15, 0.2) is 42.5 Å². The van der Waals surface area contributed by atoms with E-state index in [1.165, 1.54) is 43.5 Å². The van der Waals surface area contributed by atoms with Crippen molar-refractivity contribution in [2.75, 3.05) is 32.6 Å². The number of carbonyl (C=O) groups excluding carboxylic acids is 2. The standard InChI is InChI=1S/C11H15NOS.C7H17N.C7H8.2CH2O/c1-4-8-5-9(13-3)6-11(12-2)10(8)7-14;1-3-5-7-8-6-4-2;1-7-5-3-2-4-6-7;2*1-2/h5-7,12H,4H2,1-3H3;8H,3-7H2,1-2H3;2-6H,1H3;2*1H2. The van der Waals surface area contributed by atoms with Crippen LogP contribution in [-0.2, 0) is 16.0 Å². The Balaban J connectivity index is -0.000000405. The fourth-order valence-corrected chi connectivity index (χ4v) is 2.86. The second kappa shape index (κ2) is 27.5. The summed E-state index contributed by atoms with van der Waals surface area (Å²) in [5, 5.41) is 8.17. The van der Waals surface area contributed by atoms with Crippen molar-refractivity contribution >= 4 is 36.9 Å². The molecule has 0 spiro atoms. The van der Waals surface area contributed by atoms with Gasteiger partial charge in [0.05, 0.1) is 7.11 Å². The van der Waals surface area contributed by atoms with Gasteiger partial charge in [0.15, 0.2) is 0 Å². The number of unbranched alkanes of at least 4 members (excludes halogenated alkanes) is 1. The third-order valence-electron chi connectivity index (χ3n) is 4.32. The van der Waals surface area contributed by atoms with E-state index in [4.69, 9.17) is 26.5 Å². The first-order valence-corrected chi connectivity index (χ1v) is 11.7. The molecule has 0 saturated carbocycles. The van der Waals surface area contributed by atoms with E-state index in [0.29, 0.717) is 0 Å². The molecule has 2 aromatic rings. The molecule has 0 aliphatic heterocycles. The van der Waals surface area contributed by atoms with Crippen molar-refractivity contribution in [3.8, 4) is 5.75 Å². The Bertz CT molecular complexity index is 664. The number of methoxy groups -OCH3 is 1. The van der Waals surface area contributed by atoms with Crippen LogP contribution in [0, 0.1) is 6.92 Å². The summed E-state index contributed by atoms with van der Waals surface area (Å²) in [4.78, 5) is 16.0. The van der Waals surface area contributed by atoms with Crippen molar-refractivity contribution in [2.24, 2.45) is 0 Å². The third-order valence-corrected chi connectivity index (χ3v) is 4.55. The van der Waals surface area contributed by atoms with Crippen molar-refractivity contribution in [3.05, 3.63) is 59.2 Å². The lowest BCUT2D eigenvalue weighted by atomic mass is 10.0. The van der Waals surface area contributed by atoms with Gasteiger partial charge in [-0.15, -0.1) is 0 Å². The summed E-state index contributed by atoms with van der Waals surface area (Å²) in [6.07, 6.45) is 4.83. The molecule has 33 heavy (non-hydrogen) atoms. The summed E-state index contributed by atoms with van der Waals surface area (Å²) in [6.45, 7) is 15.0. The number of benzene rings is 2. The molecular weight excluding hydrogens is 432 g/mol. The number of aryl methyl sites for hydroxylation is 2. The molecule has 2 rings (SSSR count). The van der Waals surface area contributed by atoms with Gasteiger partial charge >= 0.3 is 0 Å². The number of thiocarbonyl (C=S) groups is 1. The first kappa shape index (κ1) is 35.0. The topological polar surface area (TPSA) is 67.4 Å². The fraction of sp³-hybridized carbons (Fsp3) is 0.444. The molecule has 0 aromatic heterocycles. The molecule has 0 unspecified atom stereocenters. The van der Waals surface area contributed by atoms with E-state index in [1.807, 2.05) is 51.0 Å². The Kier molecular flexibility index (Phi) is 29.2. The highest BCUT2D eigenvalue weighted by molar-refractivity contribution is 7.79. The lowest BCUT2D eigenvalue weighted by molar-refractivity contribution is -0.0987. The molecule has 186 valence electrons. The van der Waals surface area contributed by atoms with E-state index in [0.717, 1.165) is 23.4 Å². The zero-order valence-corrected chi connectivity index (χ0v) is 22.2. The van der Waals surface area contributed by atoms with E-state index in [-0.39, 0.29) is 0 Å². The Morgan fingerprint density at radius 3 is 1.94 bits per heavy atom. The molecule has 0 atom stereocenters. The van der Waals surface area contributed by atoms with Gasteiger partial charge in [0.1, 0.15) is 19.3 Å². The summed E-state index contributed by atoms with van der Waals surface area (Å²) < 4.78 is 5.21. The summed E-state index contributed by atoms with van der Waals surface area (Å²) in [6, 6.07) is 14.2. The lowest BCUT2D eigenvalue weighted by Gasteiger charge is -2.12. The van der Waals surface area contributed by atoms with Gasteiger partial charge in [0, 0.05) is 29.7 Å².